The molecule has 94 valence electrons. The van der Waals surface area contributed by atoms with Gasteiger partial charge in [0.25, 0.3) is 0 Å². The van der Waals surface area contributed by atoms with Gasteiger partial charge in [0.1, 0.15) is 5.75 Å². The number of carboxylic acid groups (broad SMARTS) is 1. The fourth-order valence-corrected chi connectivity index (χ4v) is 2.05. The second-order valence-electron chi connectivity index (χ2n) is 4.15. The van der Waals surface area contributed by atoms with Gasteiger partial charge in [0.2, 0.25) is 0 Å². The van der Waals surface area contributed by atoms with Gasteiger partial charge in [-0.1, -0.05) is 26.0 Å². The summed E-state index contributed by atoms with van der Waals surface area (Å²) in [4.78, 5) is 11.1. The Labute approximate surface area is 102 Å². The Morgan fingerprint density at radius 3 is 2.65 bits per heavy atom. The van der Waals surface area contributed by atoms with Gasteiger partial charge in [0.05, 0.1) is 12.5 Å². The minimum absolute atomic E-state index is 0.0351. The zero-order valence-corrected chi connectivity index (χ0v) is 10.6. The quantitative estimate of drug-likeness (QED) is 0.824. The molecule has 0 aliphatic rings. The predicted molar refractivity (Wildman–Crippen MR) is 67.4 cm³/mol. The SMILES string of the molecule is CCOc1cccc([C@@H](CC)[C@@H](C)C(=O)O)c1. The summed E-state index contributed by atoms with van der Waals surface area (Å²) in [6, 6.07) is 7.72. The Bertz CT molecular complexity index is 373. The first-order chi connectivity index (χ1) is 8.10. The van der Waals surface area contributed by atoms with Crippen LogP contribution in [0.25, 0.3) is 0 Å². The molecule has 0 saturated carbocycles. The van der Waals surface area contributed by atoms with E-state index in [9.17, 15) is 4.79 Å². The van der Waals surface area contributed by atoms with E-state index < -0.39 is 5.97 Å². The van der Waals surface area contributed by atoms with E-state index in [1.807, 2.05) is 38.1 Å². The van der Waals surface area contributed by atoms with Crippen molar-refractivity contribution in [2.24, 2.45) is 5.92 Å². The van der Waals surface area contributed by atoms with Crippen molar-refractivity contribution in [3.8, 4) is 5.75 Å². The molecule has 0 spiro atoms. The highest BCUT2D eigenvalue weighted by Gasteiger charge is 2.23. The van der Waals surface area contributed by atoms with Gasteiger partial charge in [-0.2, -0.15) is 0 Å². The van der Waals surface area contributed by atoms with Crippen molar-refractivity contribution in [2.45, 2.75) is 33.1 Å². The normalized spacial score (nSPS) is 14.1. The van der Waals surface area contributed by atoms with Gasteiger partial charge in [-0.3, -0.25) is 4.79 Å². The number of hydrogen-bond donors (Lipinski definition) is 1. The molecular formula is C14H20O3. The van der Waals surface area contributed by atoms with E-state index in [2.05, 4.69) is 0 Å². The smallest absolute Gasteiger partial charge is 0.306 e. The molecule has 0 saturated heterocycles. The first-order valence-electron chi connectivity index (χ1n) is 6.05. The molecule has 3 heteroatoms. The van der Waals surface area contributed by atoms with Gasteiger partial charge < -0.3 is 9.84 Å². The molecule has 0 heterocycles. The lowest BCUT2D eigenvalue weighted by molar-refractivity contribution is -0.141. The standard InChI is InChI=1S/C14H20O3/c1-4-13(10(3)14(15)16)11-7-6-8-12(9-11)17-5-2/h6-10,13H,4-5H2,1-3H3,(H,15,16)/t10-,13+/m1/s1. The molecule has 0 amide bonds. The van der Waals surface area contributed by atoms with Crippen molar-refractivity contribution in [1.82, 2.24) is 0 Å². The number of hydrogen-bond acceptors (Lipinski definition) is 2. The monoisotopic (exact) mass is 236 g/mol. The molecule has 1 aromatic carbocycles. The molecule has 0 unspecified atom stereocenters. The maximum absolute atomic E-state index is 11.1. The minimum Gasteiger partial charge on any atom is -0.494 e. The van der Waals surface area contributed by atoms with E-state index in [4.69, 9.17) is 9.84 Å². The third kappa shape index (κ3) is 3.48. The van der Waals surface area contributed by atoms with Gasteiger partial charge in [-0.05, 0) is 37.0 Å². The topological polar surface area (TPSA) is 46.5 Å². The van der Waals surface area contributed by atoms with Crippen LogP contribution in [0.15, 0.2) is 24.3 Å². The number of benzene rings is 1. The van der Waals surface area contributed by atoms with Crippen LogP contribution in [-0.4, -0.2) is 17.7 Å². The Morgan fingerprint density at radius 2 is 2.12 bits per heavy atom. The molecule has 0 aliphatic carbocycles. The predicted octanol–water partition coefficient (Wildman–Crippen LogP) is 3.30. The van der Waals surface area contributed by atoms with Crippen LogP contribution in [0.2, 0.25) is 0 Å². The van der Waals surface area contributed by atoms with E-state index in [0.29, 0.717) is 6.61 Å². The van der Waals surface area contributed by atoms with Crippen LogP contribution in [0.1, 0.15) is 38.7 Å². The zero-order chi connectivity index (χ0) is 12.8. The maximum Gasteiger partial charge on any atom is 0.306 e. The fourth-order valence-electron chi connectivity index (χ4n) is 2.05. The summed E-state index contributed by atoms with van der Waals surface area (Å²) < 4.78 is 5.43. The molecular weight excluding hydrogens is 216 g/mol. The number of carboxylic acids is 1. The molecule has 1 aromatic rings. The summed E-state index contributed by atoms with van der Waals surface area (Å²) >= 11 is 0. The van der Waals surface area contributed by atoms with E-state index in [1.165, 1.54) is 0 Å². The number of rotatable bonds is 6. The van der Waals surface area contributed by atoms with Crippen molar-refractivity contribution in [3.05, 3.63) is 29.8 Å². The first-order valence-corrected chi connectivity index (χ1v) is 6.05. The van der Waals surface area contributed by atoms with Crippen LogP contribution in [0.3, 0.4) is 0 Å². The average Bonchev–Trinajstić information content (AvgIpc) is 2.30. The summed E-state index contributed by atoms with van der Waals surface area (Å²) in [6.07, 6.45) is 0.809. The minimum atomic E-state index is -0.751. The second kappa shape index (κ2) is 6.28. The number of aliphatic carboxylic acids is 1. The highest BCUT2D eigenvalue weighted by molar-refractivity contribution is 5.71. The maximum atomic E-state index is 11.1. The van der Waals surface area contributed by atoms with Crippen LogP contribution in [0, 0.1) is 5.92 Å². The average molecular weight is 236 g/mol. The van der Waals surface area contributed by atoms with Crippen molar-refractivity contribution >= 4 is 5.97 Å². The molecule has 1 rings (SSSR count). The van der Waals surface area contributed by atoms with Crippen LogP contribution in [0.4, 0.5) is 0 Å². The van der Waals surface area contributed by atoms with Crippen LogP contribution < -0.4 is 4.74 Å². The summed E-state index contributed by atoms with van der Waals surface area (Å²) in [6.45, 7) is 6.32. The Balaban J connectivity index is 2.95. The lowest BCUT2D eigenvalue weighted by Gasteiger charge is -2.20. The first kappa shape index (κ1) is 13.6. The third-order valence-electron chi connectivity index (χ3n) is 3.03. The van der Waals surface area contributed by atoms with E-state index in [1.54, 1.807) is 6.92 Å². The number of carbonyl (C=O) groups is 1. The molecule has 0 bridgehead atoms. The van der Waals surface area contributed by atoms with E-state index in [-0.39, 0.29) is 11.8 Å². The van der Waals surface area contributed by atoms with E-state index in [0.717, 1.165) is 17.7 Å². The van der Waals surface area contributed by atoms with Crippen molar-refractivity contribution in [1.29, 1.82) is 0 Å². The van der Waals surface area contributed by atoms with Crippen LogP contribution in [0.5, 0.6) is 5.75 Å². The van der Waals surface area contributed by atoms with Crippen LogP contribution in [-0.2, 0) is 4.79 Å². The summed E-state index contributed by atoms with van der Waals surface area (Å²) in [5.41, 5.74) is 1.04. The molecule has 0 radical (unpaired) electrons. The summed E-state index contributed by atoms with van der Waals surface area (Å²) in [7, 11) is 0. The highest BCUT2D eigenvalue weighted by atomic mass is 16.5. The highest BCUT2D eigenvalue weighted by Crippen LogP contribution is 2.30. The molecule has 1 N–H and O–H groups in total. The number of ether oxygens (including phenoxy) is 1. The lowest BCUT2D eigenvalue weighted by atomic mass is 9.85. The Morgan fingerprint density at radius 1 is 1.41 bits per heavy atom. The zero-order valence-electron chi connectivity index (χ0n) is 10.6. The molecule has 0 fully saturated rings. The lowest BCUT2D eigenvalue weighted by Crippen LogP contribution is -2.18. The van der Waals surface area contributed by atoms with Crippen molar-refractivity contribution in [2.75, 3.05) is 6.61 Å². The summed E-state index contributed by atoms with van der Waals surface area (Å²) in [5.74, 6) is -0.288. The van der Waals surface area contributed by atoms with E-state index >= 15 is 0 Å². The van der Waals surface area contributed by atoms with Gasteiger partial charge >= 0.3 is 5.97 Å². The molecule has 3 nitrogen and oxygen atoms in total. The van der Waals surface area contributed by atoms with Gasteiger partial charge in [0.15, 0.2) is 0 Å². The molecule has 2 atom stereocenters. The Hall–Kier alpha value is -1.51. The van der Waals surface area contributed by atoms with Gasteiger partial charge in [-0.25, -0.2) is 0 Å². The van der Waals surface area contributed by atoms with Crippen molar-refractivity contribution in [3.63, 3.8) is 0 Å². The summed E-state index contributed by atoms with van der Waals surface area (Å²) in [5, 5.41) is 9.09. The van der Waals surface area contributed by atoms with Crippen LogP contribution >= 0.6 is 0 Å². The van der Waals surface area contributed by atoms with Crippen molar-refractivity contribution < 1.29 is 14.6 Å². The fraction of sp³-hybridized carbons (Fsp3) is 0.500. The van der Waals surface area contributed by atoms with Gasteiger partial charge in [-0.15, -0.1) is 0 Å². The molecule has 0 aliphatic heterocycles. The molecule has 0 aromatic heterocycles. The molecule has 17 heavy (non-hydrogen) atoms. The van der Waals surface area contributed by atoms with Gasteiger partial charge in [0, 0.05) is 0 Å². The largest absolute Gasteiger partial charge is 0.494 e. The Kier molecular flexibility index (Phi) is 5.01. The second-order valence-corrected chi connectivity index (χ2v) is 4.15. The third-order valence-corrected chi connectivity index (χ3v) is 3.03.